The lowest BCUT2D eigenvalue weighted by Crippen LogP contribution is -2.17. The average Bonchev–Trinajstić information content (AvgIpc) is 2.77. The van der Waals surface area contributed by atoms with Crippen LogP contribution < -0.4 is 14.9 Å². The molecule has 3 rings (SSSR count). The number of benzene rings is 3. The number of nitrogens with one attached hydrogen (secondary N) is 1. The molecule has 6 heteroatoms. The molecule has 1 N–H and O–H groups in total. The number of aryl methyl sites for hydroxylation is 2. The number of halogens is 1. The van der Waals surface area contributed by atoms with Crippen molar-refractivity contribution in [2.45, 2.75) is 20.3 Å². The number of hydrazone groups is 1. The van der Waals surface area contributed by atoms with E-state index in [-0.39, 0.29) is 5.91 Å². The van der Waals surface area contributed by atoms with Gasteiger partial charge in [-0.3, -0.25) is 4.79 Å². The van der Waals surface area contributed by atoms with E-state index in [1.807, 2.05) is 30.3 Å². The lowest BCUT2D eigenvalue weighted by Gasteiger charge is -2.10. The first-order valence-electron chi connectivity index (χ1n) is 10.1. The normalized spacial score (nSPS) is 10.8. The van der Waals surface area contributed by atoms with Gasteiger partial charge < -0.3 is 9.47 Å². The largest absolute Gasteiger partial charge is 0.490 e. The van der Waals surface area contributed by atoms with Crippen LogP contribution in [-0.4, -0.2) is 25.3 Å². The maximum Gasteiger partial charge on any atom is 0.271 e. The quantitative estimate of drug-likeness (QED) is 0.276. The van der Waals surface area contributed by atoms with Crippen molar-refractivity contribution in [2.75, 3.05) is 13.2 Å². The zero-order valence-corrected chi connectivity index (χ0v) is 18.4. The van der Waals surface area contributed by atoms with Crippen LogP contribution in [0.3, 0.4) is 0 Å². The van der Waals surface area contributed by atoms with Crippen LogP contribution in [0.15, 0.2) is 71.8 Å². The third kappa shape index (κ3) is 7.15. The third-order valence-electron chi connectivity index (χ3n) is 4.49. The Morgan fingerprint density at radius 3 is 2.45 bits per heavy atom. The van der Waals surface area contributed by atoms with Gasteiger partial charge in [-0.05, 0) is 84.6 Å². The summed E-state index contributed by atoms with van der Waals surface area (Å²) in [4.78, 5) is 12.0. The number of amides is 1. The smallest absolute Gasteiger partial charge is 0.271 e. The summed E-state index contributed by atoms with van der Waals surface area (Å²) >= 11 is 5.89. The third-order valence-corrected chi connectivity index (χ3v) is 4.72. The maximum absolute atomic E-state index is 12.0. The molecule has 160 valence electrons. The van der Waals surface area contributed by atoms with Gasteiger partial charge in [0.15, 0.2) is 0 Å². The number of hydrogen-bond acceptors (Lipinski definition) is 4. The first kappa shape index (κ1) is 22.4. The van der Waals surface area contributed by atoms with E-state index in [2.05, 4.69) is 36.5 Å². The molecular formula is C25H25ClN2O3. The van der Waals surface area contributed by atoms with Crippen molar-refractivity contribution in [3.05, 3.63) is 94.0 Å². The molecule has 0 aliphatic heterocycles. The van der Waals surface area contributed by atoms with Crippen molar-refractivity contribution in [2.24, 2.45) is 5.10 Å². The van der Waals surface area contributed by atoms with Crippen molar-refractivity contribution < 1.29 is 14.3 Å². The Morgan fingerprint density at radius 2 is 1.74 bits per heavy atom. The molecule has 0 fully saturated rings. The monoisotopic (exact) mass is 436 g/mol. The Hall–Kier alpha value is -3.31. The van der Waals surface area contributed by atoms with E-state index in [4.69, 9.17) is 21.1 Å². The highest BCUT2D eigenvalue weighted by Crippen LogP contribution is 2.17. The van der Waals surface area contributed by atoms with E-state index >= 15 is 0 Å². The van der Waals surface area contributed by atoms with Gasteiger partial charge in [0, 0.05) is 10.6 Å². The summed E-state index contributed by atoms with van der Waals surface area (Å²) in [6, 6.07) is 20.4. The van der Waals surface area contributed by atoms with Crippen molar-refractivity contribution in [1.29, 1.82) is 0 Å². The standard InChI is InChI=1S/C25H25ClN2O3/c1-3-19-13-18(2)14-24(15-19)31-12-11-30-23-9-7-20(8-10-23)17-27-28-25(29)21-5-4-6-22(26)16-21/h4-10,13-17H,3,11-12H2,1-2H3,(H,28,29)/b27-17-. The van der Waals surface area contributed by atoms with Crippen molar-refractivity contribution in [3.8, 4) is 11.5 Å². The molecule has 0 atom stereocenters. The zero-order valence-electron chi connectivity index (χ0n) is 17.6. The second-order valence-corrected chi connectivity index (χ2v) is 7.42. The van der Waals surface area contributed by atoms with Crippen LogP contribution in [0.4, 0.5) is 0 Å². The molecule has 0 aliphatic rings. The highest BCUT2D eigenvalue weighted by atomic mass is 35.5. The van der Waals surface area contributed by atoms with Gasteiger partial charge in [-0.2, -0.15) is 5.10 Å². The predicted octanol–water partition coefficient (Wildman–Crippen LogP) is 5.43. The lowest BCUT2D eigenvalue weighted by atomic mass is 10.1. The summed E-state index contributed by atoms with van der Waals surface area (Å²) in [6.45, 7) is 5.10. The van der Waals surface area contributed by atoms with E-state index in [1.165, 1.54) is 11.1 Å². The summed E-state index contributed by atoms with van der Waals surface area (Å²) in [7, 11) is 0. The van der Waals surface area contributed by atoms with Crippen molar-refractivity contribution in [1.82, 2.24) is 5.43 Å². The molecule has 0 saturated carbocycles. The molecule has 0 aliphatic carbocycles. The number of ether oxygens (including phenoxy) is 2. The average molecular weight is 437 g/mol. The molecule has 0 bridgehead atoms. The Bertz CT molecular complexity index is 1050. The minimum absolute atomic E-state index is 0.321. The Labute approximate surface area is 187 Å². The number of nitrogens with zero attached hydrogens (tertiary/aromatic N) is 1. The molecule has 31 heavy (non-hydrogen) atoms. The molecule has 0 spiro atoms. The zero-order chi connectivity index (χ0) is 22.1. The van der Waals surface area contributed by atoms with Gasteiger partial charge in [-0.1, -0.05) is 30.7 Å². The molecule has 0 aromatic heterocycles. The highest BCUT2D eigenvalue weighted by Gasteiger charge is 2.04. The molecule has 3 aromatic rings. The minimum atomic E-state index is -0.321. The molecule has 0 unspecified atom stereocenters. The fourth-order valence-electron chi connectivity index (χ4n) is 2.94. The summed E-state index contributed by atoms with van der Waals surface area (Å²) in [5, 5.41) is 4.48. The van der Waals surface area contributed by atoms with E-state index in [0.29, 0.717) is 23.8 Å². The summed E-state index contributed by atoms with van der Waals surface area (Å²) in [6.07, 6.45) is 2.55. The van der Waals surface area contributed by atoms with E-state index in [9.17, 15) is 4.79 Å². The Balaban J connectivity index is 1.43. The van der Waals surface area contributed by atoms with E-state index < -0.39 is 0 Å². The maximum atomic E-state index is 12.0. The topological polar surface area (TPSA) is 59.9 Å². The molecule has 1 amide bonds. The molecule has 5 nitrogen and oxygen atoms in total. The second-order valence-electron chi connectivity index (χ2n) is 6.98. The Morgan fingerprint density at radius 1 is 1.00 bits per heavy atom. The number of carbonyl (C=O) groups is 1. The fourth-order valence-corrected chi connectivity index (χ4v) is 3.13. The SMILES string of the molecule is CCc1cc(C)cc(OCCOc2ccc(/C=N\NC(=O)c3cccc(Cl)c3)cc2)c1. The van der Waals surface area contributed by atoms with Gasteiger partial charge >= 0.3 is 0 Å². The van der Waals surface area contributed by atoms with Crippen LogP contribution in [-0.2, 0) is 6.42 Å². The number of rotatable bonds is 9. The van der Waals surface area contributed by atoms with Gasteiger partial charge in [-0.15, -0.1) is 0 Å². The van der Waals surface area contributed by atoms with E-state index in [1.54, 1.807) is 30.5 Å². The first-order valence-corrected chi connectivity index (χ1v) is 10.5. The summed E-state index contributed by atoms with van der Waals surface area (Å²) in [5.74, 6) is 1.28. The molecular weight excluding hydrogens is 412 g/mol. The minimum Gasteiger partial charge on any atom is -0.490 e. The molecule has 3 aromatic carbocycles. The first-order chi connectivity index (χ1) is 15.0. The highest BCUT2D eigenvalue weighted by molar-refractivity contribution is 6.30. The summed E-state index contributed by atoms with van der Waals surface area (Å²) in [5.41, 5.74) is 6.22. The van der Waals surface area contributed by atoms with Gasteiger partial charge in [0.05, 0.1) is 6.21 Å². The van der Waals surface area contributed by atoms with E-state index in [0.717, 1.165) is 23.5 Å². The molecule has 0 saturated heterocycles. The fraction of sp³-hybridized carbons (Fsp3) is 0.200. The van der Waals surface area contributed by atoms with Crippen LogP contribution in [0.2, 0.25) is 5.02 Å². The van der Waals surface area contributed by atoms with Gasteiger partial charge in [0.2, 0.25) is 0 Å². The number of hydrogen-bond donors (Lipinski definition) is 1. The molecule has 0 radical (unpaired) electrons. The number of carbonyl (C=O) groups excluding carboxylic acids is 1. The van der Waals surface area contributed by atoms with Gasteiger partial charge in [-0.25, -0.2) is 5.43 Å². The van der Waals surface area contributed by atoms with Gasteiger partial charge in [0.25, 0.3) is 5.91 Å². The van der Waals surface area contributed by atoms with Crippen LogP contribution in [0.5, 0.6) is 11.5 Å². The second kappa shape index (κ2) is 11.2. The molecule has 0 heterocycles. The van der Waals surface area contributed by atoms with Gasteiger partial charge in [0.1, 0.15) is 24.7 Å². The summed E-state index contributed by atoms with van der Waals surface area (Å²) < 4.78 is 11.5. The predicted molar refractivity (Wildman–Crippen MR) is 125 cm³/mol. The Kier molecular flexibility index (Phi) is 8.07. The van der Waals surface area contributed by atoms with Crippen molar-refractivity contribution >= 4 is 23.7 Å². The van der Waals surface area contributed by atoms with Crippen LogP contribution in [0.25, 0.3) is 0 Å². The van der Waals surface area contributed by atoms with Crippen LogP contribution >= 0.6 is 11.6 Å². The van der Waals surface area contributed by atoms with Crippen LogP contribution in [0, 0.1) is 6.92 Å². The lowest BCUT2D eigenvalue weighted by molar-refractivity contribution is 0.0955. The van der Waals surface area contributed by atoms with Crippen molar-refractivity contribution in [3.63, 3.8) is 0 Å². The van der Waals surface area contributed by atoms with Crippen LogP contribution in [0.1, 0.15) is 34.0 Å².